The fraction of sp³-hybridized carbons (Fsp3) is 0.462. The monoisotopic (exact) mass is 394 g/mol. The van der Waals surface area contributed by atoms with Crippen LogP contribution in [-0.2, 0) is 0 Å². The van der Waals surface area contributed by atoms with Crippen molar-refractivity contribution < 1.29 is 14.2 Å². The van der Waals surface area contributed by atoms with E-state index in [2.05, 4.69) is 63.2 Å². The van der Waals surface area contributed by atoms with Gasteiger partial charge in [-0.3, -0.25) is 0 Å². The number of hydrogen-bond acceptors (Lipinski definition) is 3. The lowest BCUT2D eigenvalue weighted by atomic mass is 10.0. The average Bonchev–Trinajstić information content (AvgIpc) is 2.74. The molecule has 0 N–H and O–H groups in total. The molecule has 0 aliphatic rings. The standard InChI is InChI=1S/C26H34O3/c1-4-7-14-27-24-19-22-17-20-12-10-11-13-21(20)18-23(22)25(28-15-8-5-2)26(24)29-16-9-6-3/h10-13,17-19H,4-9,14-16H2,1-3H3. The zero-order chi connectivity index (χ0) is 20.5. The molecular weight excluding hydrogens is 360 g/mol. The Labute approximate surface area is 175 Å². The Balaban J connectivity index is 2.12. The van der Waals surface area contributed by atoms with Crippen LogP contribution in [0.2, 0.25) is 0 Å². The van der Waals surface area contributed by atoms with Gasteiger partial charge >= 0.3 is 0 Å². The number of fused-ring (bicyclic) bond motifs is 2. The zero-order valence-electron chi connectivity index (χ0n) is 18.1. The normalized spacial score (nSPS) is 11.1. The maximum atomic E-state index is 6.31. The van der Waals surface area contributed by atoms with Gasteiger partial charge in [0.2, 0.25) is 5.75 Å². The van der Waals surface area contributed by atoms with Gasteiger partial charge in [0.1, 0.15) is 0 Å². The lowest BCUT2D eigenvalue weighted by Gasteiger charge is -2.20. The van der Waals surface area contributed by atoms with Crippen LogP contribution in [0.5, 0.6) is 17.2 Å². The highest BCUT2D eigenvalue weighted by Gasteiger charge is 2.18. The minimum Gasteiger partial charge on any atom is -0.490 e. The molecule has 0 aliphatic heterocycles. The van der Waals surface area contributed by atoms with E-state index >= 15 is 0 Å². The zero-order valence-corrected chi connectivity index (χ0v) is 18.1. The third-order valence-corrected chi connectivity index (χ3v) is 5.12. The minimum atomic E-state index is 0.670. The summed E-state index contributed by atoms with van der Waals surface area (Å²) in [6.07, 6.45) is 6.35. The fourth-order valence-electron chi connectivity index (χ4n) is 3.37. The summed E-state index contributed by atoms with van der Waals surface area (Å²) in [5.41, 5.74) is 0. The second-order valence-electron chi connectivity index (χ2n) is 7.56. The Bertz CT molecular complexity index is 917. The second-order valence-corrected chi connectivity index (χ2v) is 7.56. The third-order valence-electron chi connectivity index (χ3n) is 5.12. The highest BCUT2D eigenvalue weighted by atomic mass is 16.5. The maximum Gasteiger partial charge on any atom is 0.204 e. The van der Waals surface area contributed by atoms with Crippen LogP contribution < -0.4 is 14.2 Å². The molecule has 0 radical (unpaired) electrons. The van der Waals surface area contributed by atoms with Crippen molar-refractivity contribution in [2.75, 3.05) is 19.8 Å². The van der Waals surface area contributed by atoms with E-state index in [-0.39, 0.29) is 0 Å². The molecule has 3 rings (SSSR count). The van der Waals surface area contributed by atoms with E-state index in [0.717, 1.165) is 66.5 Å². The van der Waals surface area contributed by atoms with Gasteiger partial charge in [-0.1, -0.05) is 64.3 Å². The summed E-state index contributed by atoms with van der Waals surface area (Å²) in [5, 5.41) is 4.65. The Hall–Kier alpha value is -2.42. The molecule has 29 heavy (non-hydrogen) atoms. The Kier molecular flexibility index (Phi) is 8.03. The summed E-state index contributed by atoms with van der Waals surface area (Å²) < 4.78 is 18.7. The predicted molar refractivity (Wildman–Crippen MR) is 123 cm³/mol. The van der Waals surface area contributed by atoms with E-state index in [0.29, 0.717) is 19.8 Å². The number of hydrogen-bond donors (Lipinski definition) is 0. The molecule has 0 amide bonds. The SMILES string of the molecule is CCCCOc1cc2cc3ccccc3cc2c(OCCCC)c1OCCCC. The molecule has 0 spiro atoms. The molecule has 0 heterocycles. The highest BCUT2D eigenvalue weighted by Crippen LogP contribution is 2.45. The number of ether oxygens (including phenoxy) is 3. The van der Waals surface area contributed by atoms with E-state index in [1.165, 1.54) is 10.8 Å². The molecule has 0 saturated heterocycles. The Morgan fingerprint density at radius 1 is 0.586 bits per heavy atom. The van der Waals surface area contributed by atoms with E-state index in [4.69, 9.17) is 14.2 Å². The van der Waals surface area contributed by atoms with E-state index < -0.39 is 0 Å². The first-order valence-electron chi connectivity index (χ1n) is 11.2. The quantitative estimate of drug-likeness (QED) is 0.235. The molecular formula is C26H34O3. The van der Waals surface area contributed by atoms with Crippen molar-refractivity contribution in [3.05, 3.63) is 42.5 Å². The molecule has 0 saturated carbocycles. The van der Waals surface area contributed by atoms with Gasteiger partial charge in [-0.05, 0) is 53.6 Å². The summed E-state index contributed by atoms with van der Waals surface area (Å²) in [5.74, 6) is 2.38. The fourth-order valence-corrected chi connectivity index (χ4v) is 3.37. The van der Waals surface area contributed by atoms with Gasteiger partial charge in [0.15, 0.2) is 11.5 Å². The van der Waals surface area contributed by atoms with Crippen LogP contribution in [0.25, 0.3) is 21.5 Å². The molecule has 3 aromatic carbocycles. The minimum absolute atomic E-state index is 0.670. The van der Waals surface area contributed by atoms with Crippen LogP contribution >= 0.6 is 0 Å². The first-order valence-corrected chi connectivity index (χ1v) is 11.2. The van der Waals surface area contributed by atoms with Crippen molar-refractivity contribution in [2.24, 2.45) is 0 Å². The topological polar surface area (TPSA) is 27.7 Å². The van der Waals surface area contributed by atoms with Crippen molar-refractivity contribution in [1.82, 2.24) is 0 Å². The van der Waals surface area contributed by atoms with Gasteiger partial charge in [-0.2, -0.15) is 0 Å². The molecule has 0 atom stereocenters. The van der Waals surface area contributed by atoms with Crippen molar-refractivity contribution in [3.63, 3.8) is 0 Å². The van der Waals surface area contributed by atoms with Crippen LogP contribution in [0.15, 0.2) is 42.5 Å². The largest absolute Gasteiger partial charge is 0.490 e. The summed E-state index contributed by atoms with van der Waals surface area (Å²) >= 11 is 0. The lowest BCUT2D eigenvalue weighted by Crippen LogP contribution is -2.06. The van der Waals surface area contributed by atoms with Gasteiger partial charge in [0.25, 0.3) is 0 Å². The molecule has 3 aromatic rings. The van der Waals surface area contributed by atoms with Crippen LogP contribution in [0.4, 0.5) is 0 Å². The third kappa shape index (κ3) is 5.35. The van der Waals surface area contributed by atoms with E-state index in [9.17, 15) is 0 Å². The molecule has 0 aliphatic carbocycles. The smallest absolute Gasteiger partial charge is 0.204 e. The number of unbranched alkanes of at least 4 members (excludes halogenated alkanes) is 3. The first-order chi connectivity index (χ1) is 14.3. The molecule has 0 unspecified atom stereocenters. The second kappa shape index (κ2) is 10.9. The summed E-state index contributed by atoms with van der Waals surface area (Å²) in [4.78, 5) is 0. The first kappa shape index (κ1) is 21.3. The van der Waals surface area contributed by atoms with Crippen molar-refractivity contribution in [3.8, 4) is 17.2 Å². The molecule has 0 aromatic heterocycles. The molecule has 0 fully saturated rings. The maximum absolute atomic E-state index is 6.31. The Morgan fingerprint density at radius 3 is 1.76 bits per heavy atom. The Morgan fingerprint density at radius 2 is 1.14 bits per heavy atom. The van der Waals surface area contributed by atoms with Gasteiger partial charge in [0.05, 0.1) is 19.8 Å². The van der Waals surface area contributed by atoms with Crippen molar-refractivity contribution >= 4 is 21.5 Å². The van der Waals surface area contributed by atoms with Crippen molar-refractivity contribution in [2.45, 2.75) is 59.3 Å². The highest BCUT2D eigenvalue weighted by molar-refractivity contribution is 6.03. The molecule has 3 nitrogen and oxygen atoms in total. The van der Waals surface area contributed by atoms with Crippen LogP contribution in [0, 0.1) is 0 Å². The lowest BCUT2D eigenvalue weighted by molar-refractivity contribution is 0.239. The average molecular weight is 395 g/mol. The van der Waals surface area contributed by atoms with Gasteiger partial charge in [-0.25, -0.2) is 0 Å². The van der Waals surface area contributed by atoms with Crippen molar-refractivity contribution in [1.29, 1.82) is 0 Å². The van der Waals surface area contributed by atoms with Crippen LogP contribution in [0.3, 0.4) is 0 Å². The predicted octanol–water partition coefficient (Wildman–Crippen LogP) is 7.53. The molecule has 156 valence electrons. The summed E-state index contributed by atoms with van der Waals surface area (Å²) in [7, 11) is 0. The number of rotatable bonds is 12. The van der Waals surface area contributed by atoms with Gasteiger partial charge in [0, 0.05) is 5.39 Å². The summed E-state index contributed by atoms with van der Waals surface area (Å²) in [6.45, 7) is 8.57. The van der Waals surface area contributed by atoms with Crippen LogP contribution in [0.1, 0.15) is 59.3 Å². The number of benzene rings is 3. The van der Waals surface area contributed by atoms with E-state index in [1.807, 2.05) is 0 Å². The summed E-state index contributed by atoms with van der Waals surface area (Å²) in [6, 6.07) is 15.0. The molecule has 0 bridgehead atoms. The van der Waals surface area contributed by atoms with Gasteiger partial charge < -0.3 is 14.2 Å². The van der Waals surface area contributed by atoms with Gasteiger partial charge in [-0.15, -0.1) is 0 Å². The van der Waals surface area contributed by atoms with E-state index in [1.54, 1.807) is 0 Å². The van der Waals surface area contributed by atoms with Crippen LogP contribution in [-0.4, -0.2) is 19.8 Å². The molecule has 3 heteroatoms.